The number of hydrogen-bond acceptors (Lipinski definition) is 3. The molecule has 1 heterocycles. The maximum Gasteiger partial charge on any atom is 0.0500 e. The van der Waals surface area contributed by atoms with Crippen LogP contribution in [0.4, 0.5) is 11.4 Å². The summed E-state index contributed by atoms with van der Waals surface area (Å²) in [5, 5.41) is 0. The topological polar surface area (TPSA) is 29.3 Å². The average Bonchev–Trinajstić information content (AvgIpc) is 2.56. The summed E-state index contributed by atoms with van der Waals surface area (Å²) in [6.07, 6.45) is 1.29. The van der Waals surface area contributed by atoms with Crippen LogP contribution in [-0.4, -0.2) is 12.3 Å². The molecular formula is C10H14N2S. The van der Waals surface area contributed by atoms with E-state index < -0.39 is 0 Å². The SMILES string of the molecule is Cc1cc(N)ccc1N1CCCS1. The summed E-state index contributed by atoms with van der Waals surface area (Å²) in [7, 11) is 0. The molecule has 1 aromatic carbocycles. The summed E-state index contributed by atoms with van der Waals surface area (Å²) >= 11 is 1.91. The first-order valence-corrected chi connectivity index (χ1v) is 5.48. The van der Waals surface area contributed by atoms with Crippen molar-refractivity contribution in [3.8, 4) is 0 Å². The number of anilines is 2. The van der Waals surface area contributed by atoms with Gasteiger partial charge in [-0.2, -0.15) is 0 Å². The molecule has 0 unspecified atom stereocenters. The van der Waals surface area contributed by atoms with Gasteiger partial charge in [-0.05, 0) is 49.1 Å². The highest BCUT2D eigenvalue weighted by atomic mass is 32.2. The van der Waals surface area contributed by atoms with Crippen LogP contribution in [-0.2, 0) is 0 Å². The minimum Gasteiger partial charge on any atom is -0.399 e. The summed E-state index contributed by atoms with van der Waals surface area (Å²) in [6, 6.07) is 6.12. The monoisotopic (exact) mass is 194 g/mol. The van der Waals surface area contributed by atoms with E-state index in [0.717, 1.165) is 12.2 Å². The first-order valence-electron chi connectivity index (χ1n) is 4.54. The van der Waals surface area contributed by atoms with Crippen LogP contribution in [0.3, 0.4) is 0 Å². The molecule has 0 amide bonds. The fourth-order valence-corrected chi connectivity index (χ4v) is 2.68. The zero-order valence-electron chi connectivity index (χ0n) is 7.79. The Kier molecular flexibility index (Phi) is 2.36. The smallest absolute Gasteiger partial charge is 0.0500 e. The fraction of sp³-hybridized carbons (Fsp3) is 0.400. The van der Waals surface area contributed by atoms with Gasteiger partial charge in [0.2, 0.25) is 0 Å². The summed E-state index contributed by atoms with van der Waals surface area (Å²) in [5.41, 5.74) is 9.14. The van der Waals surface area contributed by atoms with E-state index in [1.165, 1.54) is 23.4 Å². The standard InChI is InChI=1S/C10H14N2S/c1-8-7-9(11)3-4-10(8)12-5-2-6-13-12/h3-4,7H,2,5-6,11H2,1H3. The van der Waals surface area contributed by atoms with Gasteiger partial charge in [-0.25, -0.2) is 0 Å². The van der Waals surface area contributed by atoms with E-state index in [-0.39, 0.29) is 0 Å². The Morgan fingerprint density at radius 1 is 1.46 bits per heavy atom. The molecule has 1 fully saturated rings. The van der Waals surface area contributed by atoms with Crippen molar-refractivity contribution in [2.75, 3.05) is 22.3 Å². The minimum absolute atomic E-state index is 0.852. The Labute approximate surface area is 83.2 Å². The van der Waals surface area contributed by atoms with Gasteiger partial charge >= 0.3 is 0 Å². The van der Waals surface area contributed by atoms with Crippen molar-refractivity contribution in [3.63, 3.8) is 0 Å². The molecule has 2 N–H and O–H groups in total. The lowest BCUT2D eigenvalue weighted by atomic mass is 10.2. The van der Waals surface area contributed by atoms with Crippen molar-refractivity contribution in [2.45, 2.75) is 13.3 Å². The van der Waals surface area contributed by atoms with Crippen LogP contribution in [0.1, 0.15) is 12.0 Å². The molecule has 0 atom stereocenters. The Bertz CT molecular complexity index is 306. The number of rotatable bonds is 1. The molecule has 13 heavy (non-hydrogen) atoms. The van der Waals surface area contributed by atoms with E-state index in [4.69, 9.17) is 5.73 Å². The van der Waals surface area contributed by atoms with Crippen LogP contribution >= 0.6 is 11.9 Å². The average molecular weight is 194 g/mol. The van der Waals surface area contributed by atoms with Crippen molar-refractivity contribution in [2.24, 2.45) is 0 Å². The molecule has 0 aliphatic carbocycles. The molecule has 1 aromatic rings. The Morgan fingerprint density at radius 2 is 2.31 bits per heavy atom. The van der Waals surface area contributed by atoms with Gasteiger partial charge in [-0.3, -0.25) is 0 Å². The van der Waals surface area contributed by atoms with Gasteiger partial charge in [0.25, 0.3) is 0 Å². The predicted octanol–water partition coefficient (Wildman–Crippen LogP) is 2.44. The Morgan fingerprint density at radius 3 is 2.92 bits per heavy atom. The van der Waals surface area contributed by atoms with Gasteiger partial charge in [-0.1, -0.05) is 0 Å². The van der Waals surface area contributed by atoms with Crippen LogP contribution in [0.2, 0.25) is 0 Å². The van der Waals surface area contributed by atoms with Crippen molar-refractivity contribution >= 4 is 23.3 Å². The third-order valence-corrected chi connectivity index (χ3v) is 3.40. The normalized spacial score (nSPS) is 16.5. The van der Waals surface area contributed by atoms with Gasteiger partial charge < -0.3 is 10.0 Å². The summed E-state index contributed by atoms with van der Waals surface area (Å²) in [5.74, 6) is 1.24. The quantitative estimate of drug-likeness (QED) is 0.550. The van der Waals surface area contributed by atoms with Crippen molar-refractivity contribution in [3.05, 3.63) is 23.8 Å². The van der Waals surface area contributed by atoms with E-state index in [0.29, 0.717) is 0 Å². The van der Waals surface area contributed by atoms with Gasteiger partial charge in [0, 0.05) is 23.7 Å². The highest BCUT2D eigenvalue weighted by molar-refractivity contribution is 8.00. The molecule has 0 saturated carbocycles. The van der Waals surface area contributed by atoms with Gasteiger partial charge in [-0.15, -0.1) is 0 Å². The number of nitrogens with two attached hydrogens (primary N) is 1. The van der Waals surface area contributed by atoms with Crippen LogP contribution in [0.15, 0.2) is 18.2 Å². The number of hydrogen-bond donors (Lipinski definition) is 1. The number of nitrogen functional groups attached to an aromatic ring is 1. The number of aryl methyl sites for hydroxylation is 1. The molecule has 2 rings (SSSR count). The second kappa shape index (κ2) is 3.50. The summed E-state index contributed by atoms with van der Waals surface area (Å²) in [4.78, 5) is 0. The highest BCUT2D eigenvalue weighted by Gasteiger charge is 2.14. The molecule has 1 aliphatic rings. The second-order valence-electron chi connectivity index (χ2n) is 3.33. The minimum atomic E-state index is 0.852. The molecule has 0 spiro atoms. The van der Waals surface area contributed by atoms with Gasteiger partial charge in [0.05, 0.1) is 0 Å². The largest absolute Gasteiger partial charge is 0.399 e. The van der Waals surface area contributed by atoms with Gasteiger partial charge in [0.1, 0.15) is 0 Å². The second-order valence-corrected chi connectivity index (χ2v) is 4.44. The van der Waals surface area contributed by atoms with Crippen molar-refractivity contribution in [1.82, 2.24) is 0 Å². The van der Waals surface area contributed by atoms with E-state index in [1.54, 1.807) is 0 Å². The van der Waals surface area contributed by atoms with Crippen LogP contribution in [0, 0.1) is 6.92 Å². The predicted molar refractivity (Wildman–Crippen MR) is 60.0 cm³/mol. The fourth-order valence-electron chi connectivity index (χ4n) is 1.60. The Hall–Kier alpha value is -0.830. The molecule has 0 aromatic heterocycles. The molecule has 2 nitrogen and oxygen atoms in total. The van der Waals surface area contributed by atoms with Crippen LogP contribution in [0.25, 0.3) is 0 Å². The summed E-state index contributed by atoms with van der Waals surface area (Å²) in [6.45, 7) is 3.28. The molecule has 1 aliphatic heterocycles. The van der Waals surface area contributed by atoms with Gasteiger partial charge in [0.15, 0.2) is 0 Å². The Balaban J connectivity index is 2.29. The van der Waals surface area contributed by atoms with Crippen LogP contribution < -0.4 is 10.0 Å². The van der Waals surface area contributed by atoms with Crippen molar-refractivity contribution in [1.29, 1.82) is 0 Å². The molecular weight excluding hydrogens is 180 g/mol. The first-order chi connectivity index (χ1) is 6.27. The first kappa shape index (κ1) is 8.75. The zero-order valence-corrected chi connectivity index (χ0v) is 8.60. The maximum atomic E-state index is 5.70. The summed E-state index contributed by atoms with van der Waals surface area (Å²) < 4.78 is 2.36. The zero-order chi connectivity index (χ0) is 9.26. The maximum absolute atomic E-state index is 5.70. The van der Waals surface area contributed by atoms with E-state index in [9.17, 15) is 0 Å². The van der Waals surface area contributed by atoms with E-state index in [2.05, 4.69) is 17.3 Å². The van der Waals surface area contributed by atoms with E-state index >= 15 is 0 Å². The molecule has 0 bridgehead atoms. The van der Waals surface area contributed by atoms with E-state index in [1.807, 2.05) is 24.1 Å². The lowest BCUT2D eigenvalue weighted by Gasteiger charge is -2.18. The third-order valence-electron chi connectivity index (χ3n) is 2.24. The lowest BCUT2D eigenvalue weighted by Crippen LogP contribution is -2.10. The van der Waals surface area contributed by atoms with Crippen molar-refractivity contribution < 1.29 is 0 Å². The molecule has 1 saturated heterocycles. The molecule has 0 radical (unpaired) electrons. The number of benzene rings is 1. The highest BCUT2D eigenvalue weighted by Crippen LogP contribution is 2.31. The number of nitrogens with zero attached hydrogens (tertiary/aromatic N) is 1. The third kappa shape index (κ3) is 1.75. The van der Waals surface area contributed by atoms with Crippen LogP contribution in [0.5, 0.6) is 0 Å². The molecule has 70 valence electrons. The molecule has 3 heteroatoms. The lowest BCUT2D eigenvalue weighted by molar-refractivity contribution is 0.986.